The van der Waals surface area contributed by atoms with Gasteiger partial charge < -0.3 is 4.42 Å². The standard InChI is InChI=1S/C16H19NO3/c1-11-6-7-14-12(10-19-15(14)8-11)9-16(18)17-20-13-4-2-3-5-13/h6-8,10,13H,2-5,9H2,1H3,(H,17,18). The molecule has 1 amide bonds. The lowest BCUT2D eigenvalue weighted by atomic mass is 10.1. The molecule has 4 heteroatoms. The van der Waals surface area contributed by atoms with E-state index in [9.17, 15) is 4.79 Å². The average molecular weight is 273 g/mol. The molecule has 1 aromatic carbocycles. The molecule has 0 saturated heterocycles. The van der Waals surface area contributed by atoms with Crippen LogP contribution in [0.15, 0.2) is 28.9 Å². The summed E-state index contributed by atoms with van der Waals surface area (Å²) in [5.41, 5.74) is 5.42. The highest BCUT2D eigenvalue weighted by atomic mass is 16.7. The number of benzene rings is 1. The lowest BCUT2D eigenvalue weighted by Gasteiger charge is -2.10. The second-order valence-corrected chi connectivity index (χ2v) is 5.49. The number of hydrogen-bond donors (Lipinski definition) is 1. The summed E-state index contributed by atoms with van der Waals surface area (Å²) >= 11 is 0. The minimum Gasteiger partial charge on any atom is -0.464 e. The summed E-state index contributed by atoms with van der Waals surface area (Å²) in [5.74, 6) is -0.125. The molecule has 2 aromatic rings. The van der Waals surface area contributed by atoms with Gasteiger partial charge in [-0.15, -0.1) is 0 Å². The van der Waals surface area contributed by atoms with Gasteiger partial charge in [0.15, 0.2) is 0 Å². The molecule has 0 unspecified atom stereocenters. The summed E-state index contributed by atoms with van der Waals surface area (Å²) in [7, 11) is 0. The molecule has 1 heterocycles. The van der Waals surface area contributed by atoms with Crippen molar-refractivity contribution in [3.05, 3.63) is 35.6 Å². The van der Waals surface area contributed by atoms with E-state index in [-0.39, 0.29) is 18.4 Å². The van der Waals surface area contributed by atoms with E-state index in [1.54, 1.807) is 6.26 Å². The molecule has 1 N–H and O–H groups in total. The van der Waals surface area contributed by atoms with Gasteiger partial charge in [0, 0.05) is 10.9 Å². The van der Waals surface area contributed by atoms with E-state index in [1.807, 2.05) is 25.1 Å². The van der Waals surface area contributed by atoms with Crippen LogP contribution < -0.4 is 5.48 Å². The van der Waals surface area contributed by atoms with Crippen LogP contribution in [0.2, 0.25) is 0 Å². The number of aryl methyl sites for hydroxylation is 1. The van der Waals surface area contributed by atoms with Crippen LogP contribution in [-0.2, 0) is 16.1 Å². The van der Waals surface area contributed by atoms with Crippen LogP contribution in [0.4, 0.5) is 0 Å². The van der Waals surface area contributed by atoms with Crippen molar-refractivity contribution in [2.75, 3.05) is 0 Å². The third-order valence-corrected chi connectivity index (χ3v) is 3.80. The van der Waals surface area contributed by atoms with E-state index in [0.29, 0.717) is 0 Å². The van der Waals surface area contributed by atoms with Crippen LogP contribution in [0, 0.1) is 6.92 Å². The summed E-state index contributed by atoms with van der Waals surface area (Å²) in [4.78, 5) is 17.3. The zero-order valence-electron chi connectivity index (χ0n) is 11.6. The molecule has 0 atom stereocenters. The zero-order chi connectivity index (χ0) is 13.9. The fourth-order valence-electron chi connectivity index (χ4n) is 2.69. The quantitative estimate of drug-likeness (QED) is 0.870. The van der Waals surface area contributed by atoms with Gasteiger partial charge in [0.2, 0.25) is 5.91 Å². The Bertz CT molecular complexity index is 611. The first-order valence-corrected chi connectivity index (χ1v) is 7.13. The van der Waals surface area contributed by atoms with Gasteiger partial charge in [-0.25, -0.2) is 5.48 Å². The van der Waals surface area contributed by atoms with Crippen LogP contribution in [0.3, 0.4) is 0 Å². The van der Waals surface area contributed by atoms with Gasteiger partial charge in [0.1, 0.15) is 5.58 Å². The first-order valence-electron chi connectivity index (χ1n) is 7.13. The minimum atomic E-state index is -0.125. The Morgan fingerprint density at radius 1 is 1.40 bits per heavy atom. The molecule has 1 saturated carbocycles. The maximum atomic E-state index is 11.9. The van der Waals surface area contributed by atoms with Gasteiger partial charge in [0.05, 0.1) is 18.8 Å². The number of furan rings is 1. The number of amides is 1. The summed E-state index contributed by atoms with van der Waals surface area (Å²) in [6.45, 7) is 2.02. The molecule has 1 aliphatic rings. The lowest BCUT2D eigenvalue weighted by molar-refractivity contribution is -0.137. The monoisotopic (exact) mass is 273 g/mol. The Morgan fingerprint density at radius 2 is 2.20 bits per heavy atom. The van der Waals surface area contributed by atoms with Gasteiger partial charge in [-0.05, 0) is 31.4 Å². The highest BCUT2D eigenvalue weighted by Gasteiger charge is 2.17. The number of rotatable bonds is 4. The maximum absolute atomic E-state index is 11.9. The Balaban J connectivity index is 1.62. The van der Waals surface area contributed by atoms with Crippen molar-refractivity contribution in [3.8, 4) is 0 Å². The minimum absolute atomic E-state index is 0.125. The molecular formula is C16H19NO3. The number of fused-ring (bicyclic) bond motifs is 1. The van der Waals surface area contributed by atoms with Gasteiger partial charge in [-0.1, -0.05) is 25.0 Å². The normalized spacial score (nSPS) is 15.8. The van der Waals surface area contributed by atoms with Crippen molar-refractivity contribution >= 4 is 16.9 Å². The Hall–Kier alpha value is -1.81. The van der Waals surface area contributed by atoms with E-state index >= 15 is 0 Å². The highest BCUT2D eigenvalue weighted by Crippen LogP contribution is 2.23. The summed E-state index contributed by atoms with van der Waals surface area (Å²) < 4.78 is 5.49. The molecule has 3 rings (SSSR count). The Labute approximate surface area is 118 Å². The highest BCUT2D eigenvalue weighted by molar-refractivity contribution is 5.87. The molecule has 0 aliphatic heterocycles. The van der Waals surface area contributed by atoms with Gasteiger partial charge in [-0.2, -0.15) is 0 Å². The van der Waals surface area contributed by atoms with Crippen molar-refractivity contribution in [1.29, 1.82) is 0 Å². The summed E-state index contributed by atoms with van der Waals surface area (Å²) in [6.07, 6.45) is 6.56. The Morgan fingerprint density at radius 3 is 3.00 bits per heavy atom. The van der Waals surface area contributed by atoms with E-state index in [4.69, 9.17) is 9.25 Å². The molecule has 4 nitrogen and oxygen atoms in total. The summed E-state index contributed by atoms with van der Waals surface area (Å²) in [6, 6.07) is 5.99. The number of carbonyl (C=O) groups excluding carboxylic acids is 1. The van der Waals surface area contributed by atoms with Crippen LogP contribution in [0.1, 0.15) is 36.8 Å². The lowest BCUT2D eigenvalue weighted by Crippen LogP contribution is -2.29. The van der Waals surface area contributed by atoms with Crippen LogP contribution in [0.5, 0.6) is 0 Å². The van der Waals surface area contributed by atoms with E-state index in [2.05, 4.69) is 5.48 Å². The molecule has 0 spiro atoms. The Kier molecular flexibility index (Phi) is 3.74. The third-order valence-electron chi connectivity index (χ3n) is 3.80. The number of hydrogen-bond acceptors (Lipinski definition) is 3. The second-order valence-electron chi connectivity index (χ2n) is 5.49. The smallest absolute Gasteiger partial charge is 0.248 e. The molecule has 20 heavy (non-hydrogen) atoms. The maximum Gasteiger partial charge on any atom is 0.248 e. The topological polar surface area (TPSA) is 51.5 Å². The fourth-order valence-corrected chi connectivity index (χ4v) is 2.69. The first kappa shape index (κ1) is 13.2. The molecule has 1 aromatic heterocycles. The SMILES string of the molecule is Cc1ccc2c(CC(=O)NOC3CCCC3)coc2c1. The van der Waals surface area contributed by atoms with Crippen molar-refractivity contribution in [2.24, 2.45) is 0 Å². The number of nitrogens with one attached hydrogen (secondary N) is 1. The van der Waals surface area contributed by atoms with Crippen molar-refractivity contribution < 1.29 is 14.0 Å². The summed E-state index contributed by atoms with van der Waals surface area (Å²) in [5, 5.41) is 0.992. The molecule has 106 valence electrons. The largest absolute Gasteiger partial charge is 0.464 e. The van der Waals surface area contributed by atoms with Crippen LogP contribution in [0.25, 0.3) is 11.0 Å². The molecular weight excluding hydrogens is 254 g/mol. The molecule has 1 aliphatic carbocycles. The number of hydroxylamine groups is 1. The van der Waals surface area contributed by atoms with Crippen molar-refractivity contribution in [3.63, 3.8) is 0 Å². The number of carbonyl (C=O) groups is 1. The second kappa shape index (κ2) is 5.67. The first-order chi connectivity index (χ1) is 9.72. The van der Waals surface area contributed by atoms with Crippen LogP contribution >= 0.6 is 0 Å². The van der Waals surface area contributed by atoms with Gasteiger partial charge in [0.25, 0.3) is 0 Å². The van der Waals surface area contributed by atoms with Crippen molar-refractivity contribution in [1.82, 2.24) is 5.48 Å². The van der Waals surface area contributed by atoms with Gasteiger partial charge in [-0.3, -0.25) is 9.63 Å². The molecule has 0 bridgehead atoms. The molecule has 1 fully saturated rings. The predicted molar refractivity (Wildman–Crippen MR) is 76.1 cm³/mol. The zero-order valence-corrected chi connectivity index (χ0v) is 11.6. The predicted octanol–water partition coefficient (Wildman–Crippen LogP) is 3.27. The van der Waals surface area contributed by atoms with E-state index in [1.165, 1.54) is 12.8 Å². The van der Waals surface area contributed by atoms with Crippen LogP contribution in [-0.4, -0.2) is 12.0 Å². The average Bonchev–Trinajstić information content (AvgIpc) is 3.06. The molecule has 0 radical (unpaired) electrons. The van der Waals surface area contributed by atoms with E-state index < -0.39 is 0 Å². The van der Waals surface area contributed by atoms with Crippen molar-refractivity contribution in [2.45, 2.75) is 45.1 Å². The third kappa shape index (κ3) is 2.85. The van der Waals surface area contributed by atoms with E-state index in [0.717, 1.165) is 34.9 Å². The fraction of sp³-hybridized carbons (Fsp3) is 0.438. The van der Waals surface area contributed by atoms with Gasteiger partial charge >= 0.3 is 0 Å².